The first kappa shape index (κ1) is 8.66. The second-order valence-electron chi connectivity index (χ2n) is 2.48. The van der Waals surface area contributed by atoms with E-state index in [-0.39, 0.29) is 24.3 Å². The van der Waals surface area contributed by atoms with E-state index in [2.05, 4.69) is 10.3 Å². The molecule has 0 spiro atoms. The molecule has 1 aliphatic carbocycles. The van der Waals surface area contributed by atoms with E-state index in [1.165, 1.54) is 0 Å². The van der Waals surface area contributed by atoms with Gasteiger partial charge in [0.05, 0.1) is 6.10 Å². The van der Waals surface area contributed by atoms with Gasteiger partial charge in [0.25, 0.3) is 0 Å². The Labute approximate surface area is 67.8 Å². The highest BCUT2D eigenvalue weighted by atomic mass is 16.4. The molecule has 0 radical (unpaired) electrons. The number of carbonyl (C=O) groups excluding carboxylic acids is 1. The third-order valence-corrected chi connectivity index (χ3v) is 1.62. The quantitative estimate of drug-likeness (QED) is 0.334. The van der Waals surface area contributed by atoms with Crippen molar-refractivity contribution in [3.63, 3.8) is 0 Å². The van der Waals surface area contributed by atoms with Gasteiger partial charge in [-0.3, -0.25) is 4.79 Å². The van der Waals surface area contributed by atoms with Gasteiger partial charge in [0, 0.05) is 12.8 Å². The highest BCUT2D eigenvalue weighted by Crippen LogP contribution is 2.11. The van der Waals surface area contributed by atoms with E-state index >= 15 is 0 Å². The summed E-state index contributed by atoms with van der Waals surface area (Å²) in [5.74, 6) is -0.620. The molecule has 1 fully saturated rings. The molecule has 0 aromatic heterocycles. The minimum absolute atomic E-state index is 0.00560. The van der Waals surface area contributed by atoms with Gasteiger partial charge >= 0.3 is 0 Å². The Morgan fingerprint density at radius 2 is 1.58 bits per heavy atom. The largest absolute Gasteiger partial charge is 0.411 e. The standard InChI is InChI=1S/C6H8N2O4/c9-3-1-4(7-11)6(10)5(2-3)8-12/h3,9,11-12H,1-2H2/b7-4+,8-5+. The van der Waals surface area contributed by atoms with Crippen molar-refractivity contribution in [3.8, 4) is 0 Å². The predicted octanol–water partition coefficient (Wildman–Crippen LogP) is -0.629. The van der Waals surface area contributed by atoms with Gasteiger partial charge in [-0.1, -0.05) is 10.3 Å². The molecule has 0 atom stereocenters. The predicted molar refractivity (Wildman–Crippen MR) is 38.7 cm³/mol. The molecule has 6 heteroatoms. The Bertz CT molecular complexity index is 234. The molecule has 0 heterocycles. The Morgan fingerprint density at radius 1 is 1.17 bits per heavy atom. The summed E-state index contributed by atoms with van der Waals surface area (Å²) in [6.45, 7) is 0. The van der Waals surface area contributed by atoms with Crippen molar-refractivity contribution < 1.29 is 20.3 Å². The van der Waals surface area contributed by atoms with E-state index < -0.39 is 11.9 Å². The van der Waals surface area contributed by atoms with Gasteiger partial charge in [-0.15, -0.1) is 0 Å². The van der Waals surface area contributed by atoms with Gasteiger partial charge in [-0.25, -0.2) is 0 Å². The zero-order valence-corrected chi connectivity index (χ0v) is 6.14. The molecule has 0 saturated heterocycles. The van der Waals surface area contributed by atoms with Crippen LogP contribution in [0.2, 0.25) is 0 Å². The summed E-state index contributed by atoms with van der Waals surface area (Å²) in [6, 6.07) is 0. The SMILES string of the molecule is O=C1/C(=N/O)CC(O)C/C1=N\O. The maximum absolute atomic E-state index is 11.0. The summed E-state index contributed by atoms with van der Waals surface area (Å²) in [5.41, 5.74) is -0.358. The smallest absolute Gasteiger partial charge is 0.228 e. The highest BCUT2D eigenvalue weighted by Gasteiger charge is 2.30. The fourth-order valence-electron chi connectivity index (χ4n) is 1.04. The van der Waals surface area contributed by atoms with Crippen LogP contribution in [0.3, 0.4) is 0 Å². The fourth-order valence-corrected chi connectivity index (χ4v) is 1.04. The summed E-state index contributed by atoms with van der Waals surface area (Å²) < 4.78 is 0. The van der Waals surface area contributed by atoms with E-state index in [1.807, 2.05) is 0 Å². The third kappa shape index (κ3) is 1.42. The number of ketones is 1. The highest BCUT2D eigenvalue weighted by molar-refractivity contribution is 6.67. The molecule has 3 N–H and O–H groups in total. The molecule has 1 saturated carbocycles. The lowest BCUT2D eigenvalue weighted by atomic mass is 9.93. The normalized spacial score (nSPS) is 31.4. The molecule has 0 amide bonds. The molecule has 1 aliphatic rings. The Morgan fingerprint density at radius 3 is 1.92 bits per heavy atom. The summed E-state index contributed by atoms with van der Waals surface area (Å²) in [4.78, 5) is 11.0. The third-order valence-electron chi connectivity index (χ3n) is 1.62. The van der Waals surface area contributed by atoms with Gasteiger partial charge < -0.3 is 15.5 Å². The Kier molecular flexibility index (Phi) is 2.39. The Hall–Kier alpha value is -1.43. The monoisotopic (exact) mass is 172 g/mol. The number of aliphatic hydroxyl groups is 1. The minimum Gasteiger partial charge on any atom is -0.411 e. The number of Topliss-reactive ketones (excluding diaryl/α,β-unsaturated/α-hetero) is 1. The van der Waals surface area contributed by atoms with Crippen LogP contribution in [0.1, 0.15) is 12.8 Å². The lowest BCUT2D eigenvalue weighted by Gasteiger charge is -2.16. The minimum atomic E-state index is -0.820. The number of rotatable bonds is 0. The summed E-state index contributed by atoms with van der Waals surface area (Å²) in [5, 5.41) is 31.1. The number of hydrogen-bond donors (Lipinski definition) is 3. The van der Waals surface area contributed by atoms with Crippen LogP contribution < -0.4 is 0 Å². The molecule has 0 bridgehead atoms. The number of carbonyl (C=O) groups is 1. The van der Waals surface area contributed by atoms with Crippen LogP contribution >= 0.6 is 0 Å². The molecular weight excluding hydrogens is 164 g/mol. The van der Waals surface area contributed by atoms with Crippen molar-refractivity contribution in [2.24, 2.45) is 10.3 Å². The van der Waals surface area contributed by atoms with Crippen LogP contribution in [0, 0.1) is 0 Å². The second kappa shape index (κ2) is 3.31. The van der Waals surface area contributed by atoms with Crippen molar-refractivity contribution in [1.29, 1.82) is 0 Å². The summed E-state index contributed by atoms with van der Waals surface area (Å²) in [7, 11) is 0. The van der Waals surface area contributed by atoms with Gasteiger partial charge in [0.2, 0.25) is 5.78 Å². The first-order valence-corrected chi connectivity index (χ1v) is 3.33. The van der Waals surface area contributed by atoms with Gasteiger partial charge in [-0.2, -0.15) is 0 Å². The van der Waals surface area contributed by atoms with Crippen LogP contribution in [0.5, 0.6) is 0 Å². The second-order valence-corrected chi connectivity index (χ2v) is 2.48. The van der Waals surface area contributed by atoms with Crippen molar-refractivity contribution >= 4 is 17.2 Å². The number of aliphatic hydroxyl groups excluding tert-OH is 1. The average Bonchev–Trinajstić information content (AvgIpc) is 2.08. The van der Waals surface area contributed by atoms with Gasteiger partial charge in [0.15, 0.2) is 0 Å². The average molecular weight is 172 g/mol. The molecule has 0 aromatic carbocycles. The number of nitrogens with zero attached hydrogens (tertiary/aromatic N) is 2. The fraction of sp³-hybridized carbons (Fsp3) is 0.500. The maximum Gasteiger partial charge on any atom is 0.228 e. The first-order chi connectivity index (χ1) is 5.69. The maximum atomic E-state index is 11.0. The summed E-state index contributed by atoms with van der Waals surface area (Å²) >= 11 is 0. The molecule has 0 aliphatic heterocycles. The van der Waals surface area contributed by atoms with Gasteiger partial charge in [0.1, 0.15) is 11.4 Å². The van der Waals surface area contributed by atoms with Crippen molar-refractivity contribution in [3.05, 3.63) is 0 Å². The van der Waals surface area contributed by atoms with Crippen LogP contribution in [-0.4, -0.2) is 38.8 Å². The molecule has 12 heavy (non-hydrogen) atoms. The van der Waals surface area contributed by atoms with Crippen LogP contribution in [0.25, 0.3) is 0 Å². The molecular formula is C6H8N2O4. The summed E-state index contributed by atoms with van der Waals surface area (Å²) in [6.07, 6.45) is -0.831. The van der Waals surface area contributed by atoms with Crippen LogP contribution in [-0.2, 0) is 4.79 Å². The number of hydrogen-bond acceptors (Lipinski definition) is 6. The van der Waals surface area contributed by atoms with E-state index in [1.54, 1.807) is 0 Å². The molecule has 0 aromatic rings. The topological polar surface area (TPSA) is 102 Å². The van der Waals surface area contributed by atoms with E-state index in [0.29, 0.717) is 0 Å². The lowest BCUT2D eigenvalue weighted by molar-refractivity contribution is -0.108. The van der Waals surface area contributed by atoms with E-state index in [0.717, 1.165) is 0 Å². The van der Waals surface area contributed by atoms with E-state index in [9.17, 15) is 4.79 Å². The molecule has 66 valence electrons. The molecule has 0 unspecified atom stereocenters. The van der Waals surface area contributed by atoms with Crippen LogP contribution in [0.15, 0.2) is 10.3 Å². The van der Waals surface area contributed by atoms with Crippen molar-refractivity contribution in [2.75, 3.05) is 0 Å². The van der Waals surface area contributed by atoms with Gasteiger partial charge in [-0.05, 0) is 0 Å². The van der Waals surface area contributed by atoms with E-state index in [4.69, 9.17) is 15.5 Å². The first-order valence-electron chi connectivity index (χ1n) is 3.33. The Balaban J connectivity index is 2.90. The zero-order valence-electron chi connectivity index (χ0n) is 6.14. The molecule has 6 nitrogen and oxygen atoms in total. The lowest BCUT2D eigenvalue weighted by Crippen LogP contribution is -2.36. The number of oxime groups is 2. The molecule has 1 rings (SSSR count). The van der Waals surface area contributed by atoms with Crippen molar-refractivity contribution in [1.82, 2.24) is 0 Å². The van der Waals surface area contributed by atoms with Crippen LogP contribution in [0.4, 0.5) is 0 Å². The van der Waals surface area contributed by atoms with Crippen molar-refractivity contribution in [2.45, 2.75) is 18.9 Å². The zero-order chi connectivity index (χ0) is 9.14.